The summed E-state index contributed by atoms with van der Waals surface area (Å²) in [6.45, 7) is 3.66. The van der Waals surface area contributed by atoms with Crippen LogP contribution in [0.25, 0.3) is 0 Å². The Balaban J connectivity index is 1.69. The van der Waals surface area contributed by atoms with E-state index in [2.05, 4.69) is 16.8 Å². The first-order chi connectivity index (χ1) is 13.6. The molecular formula is C21H21FN2O4. The van der Waals surface area contributed by atoms with Gasteiger partial charge in [-0.15, -0.1) is 0 Å². The average Bonchev–Trinajstić information content (AvgIpc) is 2.72. The lowest BCUT2D eigenvalue weighted by Crippen LogP contribution is -2.18. The Kier molecular flexibility index (Phi) is 8.52. The molecule has 0 fully saturated rings. The summed E-state index contributed by atoms with van der Waals surface area (Å²) in [6, 6.07) is 5.91. The summed E-state index contributed by atoms with van der Waals surface area (Å²) in [5, 5.41) is 7.85. The Morgan fingerprint density at radius 3 is 2.54 bits per heavy atom. The molecule has 0 saturated heterocycles. The second-order valence-corrected chi connectivity index (χ2v) is 5.84. The van der Waals surface area contributed by atoms with Crippen LogP contribution < -0.4 is 0 Å². The standard InChI is InChI=1S/C21H21FN2O4/c1-2-20(25)27-12-3-13-28-21(26)18-8-4-16(5-9-18)14-23-24-15-17-6-10-19(22)11-7-17/h2,4-8,10-11,14-15,18H,1,3,9,12-13H2/b23-14+,24-15+. The van der Waals surface area contributed by atoms with Crippen molar-refractivity contribution >= 4 is 24.4 Å². The highest BCUT2D eigenvalue weighted by molar-refractivity contribution is 5.85. The van der Waals surface area contributed by atoms with Gasteiger partial charge in [-0.1, -0.05) is 36.9 Å². The highest BCUT2D eigenvalue weighted by Gasteiger charge is 2.18. The molecule has 0 N–H and O–H groups in total. The molecule has 0 aromatic heterocycles. The second kappa shape index (κ2) is 11.4. The highest BCUT2D eigenvalue weighted by atomic mass is 19.1. The topological polar surface area (TPSA) is 77.3 Å². The zero-order valence-electron chi connectivity index (χ0n) is 15.3. The number of hydrogen-bond donors (Lipinski definition) is 0. The van der Waals surface area contributed by atoms with Gasteiger partial charge in [-0.2, -0.15) is 10.2 Å². The molecule has 2 rings (SSSR count). The van der Waals surface area contributed by atoms with Crippen molar-refractivity contribution in [2.45, 2.75) is 12.8 Å². The molecule has 0 amide bonds. The number of rotatable bonds is 9. The number of esters is 2. The third-order valence-corrected chi connectivity index (χ3v) is 3.73. The van der Waals surface area contributed by atoms with Crippen molar-refractivity contribution in [2.24, 2.45) is 16.1 Å². The monoisotopic (exact) mass is 384 g/mol. The van der Waals surface area contributed by atoms with Crippen LogP contribution in [0.5, 0.6) is 0 Å². The maximum absolute atomic E-state index is 12.8. The molecule has 0 heterocycles. The predicted octanol–water partition coefficient (Wildman–Crippen LogP) is 3.40. The number of hydrogen-bond acceptors (Lipinski definition) is 6. The summed E-state index contributed by atoms with van der Waals surface area (Å²) in [7, 11) is 0. The molecule has 1 aromatic rings. The zero-order valence-corrected chi connectivity index (χ0v) is 15.3. The average molecular weight is 384 g/mol. The molecule has 1 aliphatic rings. The Hall–Kier alpha value is -3.35. The number of allylic oxidation sites excluding steroid dienone is 3. The molecule has 146 valence electrons. The van der Waals surface area contributed by atoms with Crippen LogP contribution in [0.1, 0.15) is 18.4 Å². The fourth-order valence-corrected chi connectivity index (χ4v) is 2.23. The van der Waals surface area contributed by atoms with Gasteiger partial charge < -0.3 is 9.47 Å². The molecule has 1 aliphatic carbocycles. The van der Waals surface area contributed by atoms with Gasteiger partial charge in [0.1, 0.15) is 5.82 Å². The molecule has 1 aromatic carbocycles. The van der Waals surface area contributed by atoms with E-state index in [1.54, 1.807) is 30.5 Å². The van der Waals surface area contributed by atoms with E-state index in [0.29, 0.717) is 12.8 Å². The van der Waals surface area contributed by atoms with Gasteiger partial charge in [-0.3, -0.25) is 4.79 Å². The maximum atomic E-state index is 12.8. The highest BCUT2D eigenvalue weighted by Crippen LogP contribution is 2.17. The minimum Gasteiger partial charge on any atom is -0.465 e. The van der Waals surface area contributed by atoms with Crippen molar-refractivity contribution < 1.29 is 23.5 Å². The molecule has 0 saturated carbocycles. The molecule has 7 heteroatoms. The van der Waals surface area contributed by atoms with Crippen molar-refractivity contribution in [1.82, 2.24) is 0 Å². The first-order valence-electron chi connectivity index (χ1n) is 8.74. The minimum atomic E-state index is -0.497. The summed E-state index contributed by atoms with van der Waals surface area (Å²) in [6.07, 6.45) is 10.5. The maximum Gasteiger partial charge on any atom is 0.330 e. The van der Waals surface area contributed by atoms with E-state index in [9.17, 15) is 14.0 Å². The molecule has 0 aliphatic heterocycles. The van der Waals surface area contributed by atoms with Crippen molar-refractivity contribution in [3.63, 3.8) is 0 Å². The van der Waals surface area contributed by atoms with Crippen molar-refractivity contribution in [2.75, 3.05) is 13.2 Å². The summed E-state index contributed by atoms with van der Waals surface area (Å²) in [5.41, 5.74) is 1.57. The van der Waals surface area contributed by atoms with E-state index in [4.69, 9.17) is 9.47 Å². The summed E-state index contributed by atoms with van der Waals surface area (Å²) in [5.74, 6) is -1.48. The van der Waals surface area contributed by atoms with Crippen molar-refractivity contribution in [3.05, 3.63) is 72.1 Å². The van der Waals surface area contributed by atoms with Crippen LogP contribution in [-0.4, -0.2) is 37.6 Å². The molecular weight excluding hydrogens is 363 g/mol. The number of carbonyl (C=O) groups excluding carboxylic acids is 2. The lowest BCUT2D eigenvalue weighted by Gasteiger charge is -2.14. The number of nitrogens with zero attached hydrogens (tertiary/aromatic N) is 2. The minimum absolute atomic E-state index is 0.178. The van der Waals surface area contributed by atoms with Gasteiger partial charge in [0.2, 0.25) is 0 Å². The molecule has 1 unspecified atom stereocenters. The molecule has 0 spiro atoms. The number of benzene rings is 1. The predicted molar refractivity (Wildman–Crippen MR) is 105 cm³/mol. The molecule has 0 radical (unpaired) electrons. The van der Waals surface area contributed by atoms with Crippen LogP contribution in [0.4, 0.5) is 4.39 Å². The lowest BCUT2D eigenvalue weighted by atomic mass is 9.97. The molecule has 6 nitrogen and oxygen atoms in total. The molecule has 28 heavy (non-hydrogen) atoms. The number of carbonyl (C=O) groups is 2. The van der Waals surface area contributed by atoms with Gasteiger partial charge in [0.25, 0.3) is 0 Å². The van der Waals surface area contributed by atoms with E-state index in [1.807, 2.05) is 6.08 Å². The van der Waals surface area contributed by atoms with Gasteiger partial charge in [0, 0.05) is 12.5 Å². The second-order valence-electron chi connectivity index (χ2n) is 5.84. The normalized spacial score (nSPS) is 16.2. The van der Waals surface area contributed by atoms with Crippen LogP contribution in [-0.2, 0) is 19.1 Å². The van der Waals surface area contributed by atoms with E-state index < -0.39 is 5.97 Å². The van der Waals surface area contributed by atoms with Gasteiger partial charge in [0.05, 0.1) is 31.6 Å². The van der Waals surface area contributed by atoms with Crippen LogP contribution in [0.2, 0.25) is 0 Å². The number of halogens is 1. The largest absolute Gasteiger partial charge is 0.465 e. The Morgan fingerprint density at radius 2 is 1.86 bits per heavy atom. The Labute approximate surface area is 162 Å². The fraction of sp³-hybridized carbons (Fsp3) is 0.238. The van der Waals surface area contributed by atoms with Crippen molar-refractivity contribution in [3.8, 4) is 0 Å². The first-order valence-corrected chi connectivity index (χ1v) is 8.74. The Morgan fingerprint density at radius 1 is 1.14 bits per heavy atom. The van der Waals surface area contributed by atoms with Crippen molar-refractivity contribution in [1.29, 1.82) is 0 Å². The van der Waals surface area contributed by atoms with Gasteiger partial charge in [-0.05, 0) is 29.7 Å². The van der Waals surface area contributed by atoms with Crippen LogP contribution in [0.15, 0.2) is 70.9 Å². The lowest BCUT2D eigenvalue weighted by molar-refractivity contribution is -0.147. The SMILES string of the molecule is C=CC(=O)OCCCOC(=O)C1C=CC(/C=N/N=C/c2ccc(F)cc2)=CC1. The van der Waals surface area contributed by atoms with Gasteiger partial charge in [0.15, 0.2) is 0 Å². The van der Waals surface area contributed by atoms with E-state index in [1.165, 1.54) is 18.3 Å². The summed E-state index contributed by atoms with van der Waals surface area (Å²) in [4.78, 5) is 22.9. The number of ether oxygens (including phenoxy) is 2. The molecule has 1 atom stereocenters. The van der Waals surface area contributed by atoms with Crippen LogP contribution in [0, 0.1) is 11.7 Å². The first kappa shape index (κ1) is 21.0. The third-order valence-electron chi connectivity index (χ3n) is 3.73. The molecule has 0 bridgehead atoms. The van der Waals surface area contributed by atoms with E-state index >= 15 is 0 Å². The summed E-state index contributed by atoms with van der Waals surface area (Å²) >= 11 is 0. The van der Waals surface area contributed by atoms with Gasteiger partial charge >= 0.3 is 11.9 Å². The smallest absolute Gasteiger partial charge is 0.330 e. The van der Waals surface area contributed by atoms with Crippen LogP contribution in [0.3, 0.4) is 0 Å². The van der Waals surface area contributed by atoms with E-state index in [-0.39, 0.29) is 30.9 Å². The Bertz CT molecular complexity index is 810. The van der Waals surface area contributed by atoms with Gasteiger partial charge in [-0.25, -0.2) is 9.18 Å². The summed E-state index contributed by atoms with van der Waals surface area (Å²) < 4.78 is 22.8. The van der Waals surface area contributed by atoms with Crippen LogP contribution >= 0.6 is 0 Å². The quantitative estimate of drug-likeness (QED) is 0.215. The third kappa shape index (κ3) is 7.49. The van der Waals surface area contributed by atoms with E-state index in [0.717, 1.165) is 17.2 Å². The fourth-order valence-electron chi connectivity index (χ4n) is 2.23. The zero-order chi connectivity index (χ0) is 20.2.